The number of nitrogens with one attached hydrogen (secondary N) is 3. The van der Waals surface area contributed by atoms with Crippen LogP contribution < -0.4 is 21.1 Å². The van der Waals surface area contributed by atoms with E-state index in [2.05, 4.69) is 10.6 Å². The summed E-state index contributed by atoms with van der Waals surface area (Å²) in [7, 11) is 0. The van der Waals surface area contributed by atoms with Gasteiger partial charge < -0.3 is 35.5 Å². The number of nitrogens with zero attached hydrogens (tertiary/aromatic N) is 1. The number of hydrogen-bond donors (Lipinski definition) is 4. The van der Waals surface area contributed by atoms with Crippen LogP contribution in [0.2, 0.25) is 0 Å². The number of nitrogen functional groups attached to an aromatic ring is 1. The van der Waals surface area contributed by atoms with Crippen molar-refractivity contribution in [3.63, 3.8) is 0 Å². The smallest absolute Gasteiger partial charge is 0.305 e. The van der Waals surface area contributed by atoms with Gasteiger partial charge in [-0.25, -0.2) is 0 Å². The fourth-order valence-corrected chi connectivity index (χ4v) is 6.89. The van der Waals surface area contributed by atoms with Gasteiger partial charge in [-0.15, -0.1) is 11.3 Å². The molecule has 1 saturated carbocycles. The lowest BCUT2D eigenvalue weighted by Crippen LogP contribution is -2.51. The van der Waals surface area contributed by atoms with Crippen LogP contribution in [0.1, 0.15) is 81.7 Å². The zero-order chi connectivity index (χ0) is 33.8. The van der Waals surface area contributed by atoms with Gasteiger partial charge in [-0.3, -0.25) is 24.6 Å². The Labute approximate surface area is 280 Å². The Morgan fingerprint density at radius 3 is 2.60 bits per heavy atom. The van der Waals surface area contributed by atoms with Gasteiger partial charge in [0.15, 0.2) is 0 Å². The second kappa shape index (κ2) is 17.3. The molecule has 13 heteroatoms. The van der Waals surface area contributed by atoms with Crippen LogP contribution in [-0.2, 0) is 28.7 Å². The summed E-state index contributed by atoms with van der Waals surface area (Å²) in [6.45, 7) is 5.18. The van der Waals surface area contributed by atoms with E-state index in [1.54, 1.807) is 23.3 Å². The Hall–Kier alpha value is -3.97. The molecular weight excluding hydrogens is 622 g/mol. The number of esters is 1. The predicted octanol–water partition coefficient (Wildman–Crippen LogP) is 3.68. The highest BCUT2D eigenvalue weighted by Gasteiger charge is 2.67. The van der Waals surface area contributed by atoms with Crippen molar-refractivity contribution in [3.05, 3.63) is 52.2 Å². The number of unbranched alkanes of at least 4 members (excludes halogenated alkanes) is 2. The monoisotopic (exact) mass is 669 g/mol. The number of fused-ring (bicyclic) bond motifs is 1. The third kappa shape index (κ3) is 10.3. The molecular formula is C34H47N5O7S. The molecule has 2 aliphatic rings. The van der Waals surface area contributed by atoms with Crippen LogP contribution in [0.5, 0.6) is 5.75 Å². The quantitative estimate of drug-likeness (QED) is 0.0715. The summed E-state index contributed by atoms with van der Waals surface area (Å²) >= 11 is 1.41. The molecule has 1 unspecified atom stereocenters. The number of carbonyl (C=O) groups excluding carboxylic acids is 4. The van der Waals surface area contributed by atoms with Crippen LogP contribution >= 0.6 is 11.3 Å². The van der Waals surface area contributed by atoms with Crippen molar-refractivity contribution in [2.24, 2.45) is 11.1 Å². The molecule has 2 fully saturated rings. The molecule has 0 radical (unpaired) electrons. The average Bonchev–Trinajstić information content (AvgIpc) is 3.36. The Balaban J connectivity index is 1.29. The highest BCUT2D eigenvalue weighted by molar-refractivity contribution is 7.10. The van der Waals surface area contributed by atoms with Crippen LogP contribution in [0, 0.1) is 10.8 Å². The Kier molecular flexibility index (Phi) is 13.2. The fourth-order valence-electron chi connectivity index (χ4n) is 5.97. The van der Waals surface area contributed by atoms with Crippen molar-refractivity contribution in [2.75, 3.05) is 33.0 Å². The van der Waals surface area contributed by atoms with Crippen molar-refractivity contribution in [2.45, 2.75) is 83.3 Å². The molecule has 0 bridgehead atoms. The number of thiophene rings is 1. The lowest BCUT2D eigenvalue weighted by molar-refractivity contribution is -0.143. The molecule has 4 rings (SSSR count). The van der Waals surface area contributed by atoms with Crippen molar-refractivity contribution in [3.8, 4) is 5.75 Å². The number of piperidine rings is 1. The standard InChI is InChI=1S/C34H47N5O7S/c1-3-45-31(42)14-8-5-9-15-44-22-34-18-26(33(43)38-23(2)27-17-24(21-47-27)32(35)36)39(28(34)19-34)30(41)20-37-29(40)13-10-16-46-25-11-6-4-7-12-25/h4,6-7,11-12,17,21,23,26,28H,3,5,8-10,13-16,18-20,22H2,1-2H3,(H3,35,36)(H,37,40)(H,38,43)/t23?,26-,28-,34+/m0/s1. The largest absolute Gasteiger partial charge is 0.494 e. The van der Waals surface area contributed by atoms with E-state index in [1.165, 1.54) is 11.3 Å². The van der Waals surface area contributed by atoms with E-state index in [0.29, 0.717) is 51.3 Å². The number of amides is 3. The number of para-hydroxylation sites is 1. The maximum absolute atomic E-state index is 13.6. The van der Waals surface area contributed by atoms with E-state index in [9.17, 15) is 19.2 Å². The van der Waals surface area contributed by atoms with Crippen LogP contribution in [0.4, 0.5) is 0 Å². The molecule has 3 amide bonds. The molecule has 1 aliphatic carbocycles. The minimum Gasteiger partial charge on any atom is -0.494 e. The zero-order valence-corrected chi connectivity index (χ0v) is 28.1. The first kappa shape index (κ1) is 35.9. The summed E-state index contributed by atoms with van der Waals surface area (Å²) < 4.78 is 16.6. The van der Waals surface area contributed by atoms with Crippen molar-refractivity contribution in [1.82, 2.24) is 15.5 Å². The zero-order valence-electron chi connectivity index (χ0n) is 27.3. The van der Waals surface area contributed by atoms with E-state index >= 15 is 0 Å². The summed E-state index contributed by atoms with van der Waals surface area (Å²) in [4.78, 5) is 53.7. The van der Waals surface area contributed by atoms with E-state index < -0.39 is 6.04 Å². The second-order valence-corrected chi connectivity index (χ2v) is 13.1. The molecule has 4 atom stereocenters. The molecule has 256 valence electrons. The van der Waals surface area contributed by atoms with Crippen molar-refractivity contribution < 1.29 is 33.4 Å². The van der Waals surface area contributed by atoms with Crippen LogP contribution in [0.15, 0.2) is 41.8 Å². The number of likely N-dealkylation sites (tertiary alicyclic amines) is 1. The van der Waals surface area contributed by atoms with E-state index in [0.717, 1.165) is 36.3 Å². The average molecular weight is 670 g/mol. The Bertz CT molecular complexity index is 1390. The minimum atomic E-state index is -0.694. The summed E-state index contributed by atoms with van der Waals surface area (Å²) in [6, 6.07) is 9.97. The van der Waals surface area contributed by atoms with Crippen molar-refractivity contribution in [1.29, 1.82) is 5.41 Å². The maximum atomic E-state index is 13.6. The van der Waals surface area contributed by atoms with Gasteiger partial charge in [-0.2, -0.15) is 0 Å². The molecule has 1 saturated heterocycles. The molecule has 5 N–H and O–H groups in total. The van der Waals surface area contributed by atoms with E-state index in [1.807, 2.05) is 37.3 Å². The van der Waals surface area contributed by atoms with Gasteiger partial charge in [0.2, 0.25) is 17.7 Å². The fraction of sp³-hybridized carbons (Fsp3) is 0.559. The summed E-state index contributed by atoms with van der Waals surface area (Å²) in [6.07, 6.45) is 4.70. The molecule has 1 aromatic carbocycles. The van der Waals surface area contributed by atoms with Gasteiger partial charge in [0, 0.05) is 46.7 Å². The predicted molar refractivity (Wildman–Crippen MR) is 178 cm³/mol. The van der Waals surface area contributed by atoms with Crippen LogP contribution in [0.25, 0.3) is 0 Å². The van der Waals surface area contributed by atoms with Gasteiger partial charge in [-0.1, -0.05) is 24.6 Å². The van der Waals surface area contributed by atoms with Crippen LogP contribution in [-0.4, -0.2) is 79.5 Å². The minimum absolute atomic E-state index is 0.0367. The van der Waals surface area contributed by atoms with Gasteiger partial charge in [0.1, 0.15) is 17.6 Å². The number of rotatable bonds is 20. The highest BCUT2D eigenvalue weighted by atomic mass is 32.1. The highest BCUT2D eigenvalue weighted by Crippen LogP contribution is 2.59. The third-order valence-corrected chi connectivity index (χ3v) is 9.70. The number of benzene rings is 1. The van der Waals surface area contributed by atoms with E-state index in [4.69, 9.17) is 25.4 Å². The lowest BCUT2D eigenvalue weighted by atomic mass is 10.00. The van der Waals surface area contributed by atoms with Crippen LogP contribution in [0.3, 0.4) is 0 Å². The van der Waals surface area contributed by atoms with Gasteiger partial charge in [-0.05, 0) is 64.2 Å². The SMILES string of the molecule is CCOC(=O)CCCCCOC[C@@]12C[C@@H]1N(C(=O)CNC(=O)CCCOc1ccccc1)[C@H](C(=O)NC(C)c1cc(C(=N)N)cs1)C2. The molecule has 2 heterocycles. The first-order chi connectivity index (χ1) is 22.6. The number of carbonyl (C=O) groups is 4. The van der Waals surface area contributed by atoms with Crippen molar-refractivity contribution >= 4 is 40.9 Å². The lowest BCUT2D eigenvalue weighted by Gasteiger charge is -2.28. The van der Waals surface area contributed by atoms with Gasteiger partial charge >= 0.3 is 5.97 Å². The van der Waals surface area contributed by atoms with Gasteiger partial charge in [0.05, 0.1) is 32.4 Å². The topological polar surface area (TPSA) is 173 Å². The Morgan fingerprint density at radius 2 is 1.87 bits per heavy atom. The maximum Gasteiger partial charge on any atom is 0.305 e. The molecule has 0 spiro atoms. The molecule has 12 nitrogen and oxygen atoms in total. The van der Waals surface area contributed by atoms with E-state index in [-0.39, 0.29) is 60.0 Å². The van der Waals surface area contributed by atoms with Gasteiger partial charge in [0.25, 0.3) is 0 Å². The first-order valence-electron chi connectivity index (χ1n) is 16.4. The normalized spacial score (nSPS) is 20.2. The Morgan fingerprint density at radius 1 is 1.09 bits per heavy atom. The number of ether oxygens (including phenoxy) is 3. The molecule has 2 aromatic rings. The second-order valence-electron chi connectivity index (χ2n) is 12.2. The summed E-state index contributed by atoms with van der Waals surface area (Å²) in [5.41, 5.74) is 5.90. The number of nitrogens with two attached hydrogens (primary N) is 1. The molecule has 1 aliphatic heterocycles. The number of hydrogen-bond acceptors (Lipinski definition) is 9. The summed E-state index contributed by atoms with van der Waals surface area (Å²) in [5, 5.41) is 15.2. The molecule has 47 heavy (non-hydrogen) atoms. The molecule has 1 aromatic heterocycles. The number of amidine groups is 1. The summed E-state index contributed by atoms with van der Waals surface area (Å²) in [5.74, 6) is -0.306. The third-order valence-electron chi connectivity index (χ3n) is 8.59. The first-order valence-corrected chi connectivity index (χ1v) is 17.2.